The Kier molecular flexibility index (Phi) is 4.28. The van der Waals surface area contributed by atoms with Crippen LogP contribution in [0.3, 0.4) is 0 Å². The molecule has 0 aliphatic heterocycles. The highest BCUT2D eigenvalue weighted by Gasteiger charge is 2.01. The lowest BCUT2D eigenvalue weighted by molar-refractivity contribution is 0.593. The van der Waals surface area contributed by atoms with Crippen molar-refractivity contribution in [3.05, 3.63) is 18.0 Å². The van der Waals surface area contributed by atoms with Gasteiger partial charge in [-0.1, -0.05) is 0 Å². The molecule has 0 aliphatic carbocycles. The Balaban J connectivity index is 2.12. The van der Waals surface area contributed by atoms with Gasteiger partial charge in [0.2, 0.25) is 0 Å². The third-order valence-electron chi connectivity index (χ3n) is 1.94. The number of hydrogen-bond acceptors (Lipinski definition) is 4. The van der Waals surface area contributed by atoms with Crippen molar-refractivity contribution in [3.63, 3.8) is 0 Å². The zero-order chi connectivity index (χ0) is 11.3. The number of aryl methyl sites for hydroxylation is 1. The van der Waals surface area contributed by atoms with Crippen molar-refractivity contribution < 1.29 is 8.42 Å². The summed E-state index contributed by atoms with van der Waals surface area (Å²) in [6.07, 6.45) is 3.78. The Hall–Kier alpha value is -0.880. The number of rotatable bonds is 6. The van der Waals surface area contributed by atoms with Crippen LogP contribution in [-0.2, 0) is 23.4 Å². The monoisotopic (exact) mass is 231 g/mol. The van der Waals surface area contributed by atoms with E-state index in [0.717, 1.165) is 5.69 Å². The van der Waals surface area contributed by atoms with Gasteiger partial charge in [0.15, 0.2) is 0 Å². The molecule has 0 spiro atoms. The summed E-state index contributed by atoms with van der Waals surface area (Å²) >= 11 is 0. The maximum absolute atomic E-state index is 10.8. The smallest absolute Gasteiger partial charge is 0.147 e. The predicted molar refractivity (Wildman–Crippen MR) is 59.2 cm³/mol. The highest BCUT2D eigenvalue weighted by molar-refractivity contribution is 7.90. The molecule has 0 aliphatic rings. The highest BCUT2D eigenvalue weighted by atomic mass is 32.2. The van der Waals surface area contributed by atoms with E-state index in [4.69, 9.17) is 0 Å². The van der Waals surface area contributed by atoms with E-state index in [1.165, 1.54) is 6.26 Å². The summed E-state index contributed by atoms with van der Waals surface area (Å²) < 4.78 is 23.4. The van der Waals surface area contributed by atoms with Gasteiger partial charge in [-0.2, -0.15) is 5.10 Å². The molecule has 0 aromatic carbocycles. The van der Waals surface area contributed by atoms with E-state index >= 15 is 0 Å². The molecule has 1 rings (SSSR count). The number of nitrogens with one attached hydrogen (secondary N) is 1. The van der Waals surface area contributed by atoms with E-state index in [9.17, 15) is 8.42 Å². The Morgan fingerprint density at radius 2 is 2.27 bits per heavy atom. The SMILES string of the molecule is Cn1ccc(CNCCCS(C)(=O)=O)n1. The van der Waals surface area contributed by atoms with Crippen molar-refractivity contribution in [3.8, 4) is 0 Å². The van der Waals surface area contributed by atoms with Gasteiger partial charge < -0.3 is 5.32 Å². The van der Waals surface area contributed by atoms with Crippen molar-refractivity contribution in [2.45, 2.75) is 13.0 Å². The zero-order valence-corrected chi connectivity index (χ0v) is 9.92. The number of sulfone groups is 1. The van der Waals surface area contributed by atoms with Crippen molar-refractivity contribution in [2.24, 2.45) is 7.05 Å². The average molecular weight is 231 g/mol. The van der Waals surface area contributed by atoms with Crippen LogP contribution in [-0.4, -0.2) is 36.8 Å². The molecular formula is C9H17N3O2S. The summed E-state index contributed by atoms with van der Waals surface area (Å²) in [5, 5.41) is 7.34. The molecule has 6 heteroatoms. The van der Waals surface area contributed by atoms with Gasteiger partial charge >= 0.3 is 0 Å². The molecular weight excluding hydrogens is 214 g/mol. The number of aromatic nitrogens is 2. The standard InChI is InChI=1S/C9H17N3O2S/c1-12-6-4-9(11-12)8-10-5-3-7-15(2,13)14/h4,6,10H,3,5,7-8H2,1-2H3. The molecule has 0 amide bonds. The molecule has 1 N–H and O–H groups in total. The van der Waals surface area contributed by atoms with Crippen LogP contribution in [0, 0.1) is 0 Å². The Labute approximate surface area is 90.4 Å². The van der Waals surface area contributed by atoms with Gasteiger partial charge in [-0.3, -0.25) is 4.68 Å². The summed E-state index contributed by atoms with van der Waals surface area (Å²) in [5.74, 6) is 0.238. The first-order valence-corrected chi connectivity index (χ1v) is 6.90. The fourth-order valence-corrected chi connectivity index (χ4v) is 1.90. The van der Waals surface area contributed by atoms with E-state index in [1.807, 2.05) is 19.3 Å². The maximum atomic E-state index is 10.8. The first-order valence-electron chi connectivity index (χ1n) is 4.84. The van der Waals surface area contributed by atoms with Crippen LogP contribution < -0.4 is 5.32 Å². The van der Waals surface area contributed by atoms with E-state index in [0.29, 0.717) is 19.5 Å². The second kappa shape index (κ2) is 5.27. The third-order valence-corrected chi connectivity index (χ3v) is 2.97. The molecule has 0 unspecified atom stereocenters. The molecule has 0 fully saturated rings. The van der Waals surface area contributed by atoms with Crippen LogP contribution in [0.4, 0.5) is 0 Å². The van der Waals surface area contributed by atoms with E-state index in [-0.39, 0.29) is 5.75 Å². The topological polar surface area (TPSA) is 64.0 Å². The van der Waals surface area contributed by atoms with Gasteiger partial charge in [0.1, 0.15) is 9.84 Å². The van der Waals surface area contributed by atoms with E-state index in [1.54, 1.807) is 4.68 Å². The first kappa shape index (κ1) is 12.2. The van der Waals surface area contributed by atoms with Gasteiger partial charge in [-0.15, -0.1) is 0 Å². The quantitative estimate of drug-likeness (QED) is 0.697. The lowest BCUT2D eigenvalue weighted by atomic mass is 10.4. The average Bonchev–Trinajstić information content (AvgIpc) is 2.49. The number of nitrogens with zero attached hydrogens (tertiary/aromatic N) is 2. The van der Waals surface area contributed by atoms with Gasteiger partial charge in [0.25, 0.3) is 0 Å². The van der Waals surface area contributed by atoms with E-state index in [2.05, 4.69) is 10.4 Å². The number of hydrogen-bond donors (Lipinski definition) is 1. The fourth-order valence-electron chi connectivity index (χ4n) is 1.23. The summed E-state index contributed by atoms with van der Waals surface area (Å²) in [5.41, 5.74) is 0.969. The molecule has 1 aromatic heterocycles. The summed E-state index contributed by atoms with van der Waals surface area (Å²) in [4.78, 5) is 0. The summed E-state index contributed by atoms with van der Waals surface area (Å²) in [7, 11) is -0.957. The molecule has 5 nitrogen and oxygen atoms in total. The first-order chi connectivity index (χ1) is 6.97. The molecule has 86 valence electrons. The summed E-state index contributed by atoms with van der Waals surface area (Å²) in [6, 6.07) is 1.93. The van der Waals surface area contributed by atoms with Crippen LogP contribution in [0.25, 0.3) is 0 Å². The molecule has 0 bridgehead atoms. The van der Waals surface area contributed by atoms with Crippen molar-refractivity contribution >= 4 is 9.84 Å². The summed E-state index contributed by atoms with van der Waals surface area (Å²) in [6.45, 7) is 1.38. The second-order valence-electron chi connectivity index (χ2n) is 3.64. The van der Waals surface area contributed by atoms with Crippen LogP contribution in [0.2, 0.25) is 0 Å². The molecule has 15 heavy (non-hydrogen) atoms. The van der Waals surface area contributed by atoms with Crippen LogP contribution in [0.5, 0.6) is 0 Å². The second-order valence-corrected chi connectivity index (χ2v) is 5.90. The minimum atomic E-state index is -2.82. The molecule has 0 saturated heterocycles. The van der Waals surface area contributed by atoms with Gasteiger partial charge in [0, 0.05) is 26.0 Å². The largest absolute Gasteiger partial charge is 0.311 e. The van der Waals surface area contributed by atoms with Crippen LogP contribution in [0.1, 0.15) is 12.1 Å². The van der Waals surface area contributed by atoms with Gasteiger partial charge in [-0.05, 0) is 19.0 Å². The predicted octanol–water partition coefficient (Wildman–Crippen LogP) is -0.0556. The van der Waals surface area contributed by atoms with Crippen molar-refractivity contribution in [2.75, 3.05) is 18.6 Å². The molecule has 0 atom stereocenters. The Morgan fingerprint density at radius 1 is 1.53 bits per heavy atom. The molecule has 1 heterocycles. The van der Waals surface area contributed by atoms with Crippen LogP contribution >= 0.6 is 0 Å². The van der Waals surface area contributed by atoms with Crippen molar-refractivity contribution in [1.29, 1.82) is 0 Å². The minimum absolute atomic E-state index is 0.238. The molecule has 0 saturated carbocycles. The van der Waals surface area contributed by atoms with Gasteiger partial charge in [-0.25, -0.2) is 8.42 Å². The lowest BCUT2D eigenvalue weighted by Crippen LogP contribution is -2.18. The molecule has 0 radical (unpaired) electrons. The zero-order valence-electron chi connectivity index (χ0n) is 9.10. The third kappa shape index (κ3) is 5.54. The van der Waals surface area contributed by atoms with Gasteiger partial charge in [0.05, 0.1) is 11.4 Å². The van der Waals surface area contributed by atoms with Crippen molar-refractivity contribution in [1.82, 2.24) is 15.1 Å². The molecule has 1 aromatic rings. The van der Waals surface area contributed by atoms with E-state index < -0.39 is 9.84 Å². The minimum Gasteiger partial charge on any atom is -0.311 e. The normalized spacial score (nSPS) is 11.9. The Bertz CT molecular complexity index is 397. The maximum Gasteiger partial charge on any atom is 0.147 e. The lowest BCUT2D eigenvalue weighted by Gasteiger charge is -2.01. The fraction of sp³-hybridized carbons (Fsp3) is 0.667. The van der Waals surface area contributed by atoms with Crippen LogP contribution in [0.15, 0.2) is 12.3 Å². The Morgan fingerprint density at radius 3 is 2.80 bits per heavy atom. The highest BCUT2D eigenvalue weighted by Crippen LogP contribution is 1.93.